The van der Waals surface area contributed by atoms with Gasteiger partial charge >= 0.3 is 0 Å². The van der Waals surface area contributed by atoms with Crippen LogP contribution in [-0.4, -0.2) is 4.57 Å². The Labute approximate surface area is 223 Å². The van der Waals surface area contributed by atoms with Crippen molar-refractivity contribution >= 4 is 46.7 Å². The van der Waals surface area contributed by atoms with Gasteiger partial charge in [-0.1, -0.05) is 89.1 Å². The molecule has 0 N–H and O–H groups in total. The van der Waals surface area contributed by atoms with Crippen LogP contribution in [0, 0.1) is 0 Å². The van der Waals surface area contributed by atoms with Crippen LogP contribution >= 0.6 is 34.5 Å². The molecule has 0 bridgehead atoms. The number of hydrogen-bond donors (Lipinski definition) is 0. The molecular weight excluding hydrogens is 507 g/mol. The molecule has 4 aromatic rings. The van der Waals surface area contributed by atoms with E-state index in [1.807, 2.05) is 89.5 Å². The highest BCUT2D eigenvalue weighted by Gasteiger charge is 2.32. The molecule has 1 aliphatic carbocycles. The fraction of sp³-hybridized carbons (Fsp3) is 0.133. The predicted molar refractivity (Wildman–Crippen MR) is 149 cm³/mol. The van der Waals surface area contributed by atoms with Crippen LogP contribution in [0.15, 0.2) is 105 Å². The van der Waals surface area contributed by atoms with Crippen LogP contribution in [0.3, 0.4) is 0 Å². The van der Waals surface area contributed by atoms with E-state index in [0.717, 1.165) is 51.5 Å². The summed E-state index contributed by atoms with van der Waals surface area (Å²) >= 11 is 13.8. The second-order valence-electron chi connectivity index (χ2n) is 8.99. The molecule has 0 unspecified atom stereocenters. The smallest absolute Gasteiger partial charge is 0.271 e. The van der Waals surface area contributed by atoms with Crippen molar-refractivity contribution in [2.45, 2.75) is 25.3 Å². The molecule has 3 nitrogen and oxygen atoms in total. The van der Waals surface area contributed by atoms with Crippen LogP contribution in [0.2, 0.25) is 10.0 Å². The number of aromatic nitrogens is 1. The summed E-state index contributed by atoms with van der Waals surface area (Å²) in [6.07, 6.45) is 7.00. The summed E-state index contributed by atoms with van der Waals surface area (Å²) in [7, 11) is 0. The van der Waals surface area contributed by atoms with E-state index in [4.69, 9.17) is 28.2 Å². The van der Waals surface area contributed by atoms with Crippen LogP contribution in [0.4, 0.5) is 0 Å². The van der Waals surface area contributed by atoms with Gasteiger partial charge in [0, 0.05) is 10.0 Å². The van der Waals surface area contributed by atoms with Crippen LogP contribution in [-0.2, 0) is 0 Å². The largest absolute Gasteiger partial charge is 0.272 e. The zero-order valence-corrected chi connectivity index (χ0v) is 21.7. The number of thiazole rings is 1. The zero-order valence-electron chi connectivity index (χ0n) is 19.3. The second-order valence-corrected chi connectivity index (χ2v) is 10.9. The van der Waals surface area contributed by atoms with E-state index in [2.05, 4.69) is 6.08 Å². The molecule has 3 aromatic carbocycles. The molecule has 6 heteroatoms. The van der Waals surface area contributed by atoms with Crippen molar-refractivity contribution in [2.24, 2.45) is 4.99 Å². The zero-order chi connectivity index (χ0) is 24.6. The van der Waals surface area contributed by atoms with Crippen molar-refractivity contribution in [3.05, 3.63) is 142 Å². The normalized spacial score (nSPS) is 18.7. The van der Waals surface area contributed by atoms with Crippen LogP contribution < -0.4 is 14.9 Å². The van der Waals surface area contributed by atoms with Crippen LogP contribution in [0.1, 0.15) is 42.0 Å². The molecule has 1 atom stereocenters. The fourth-order valence-electron chi connectivity index (χ4n) is 4.96. The lowest BCUT2D eigenvalue weighted by molar-refractivity contribution is 0.553. The Morgan fingerprint density at radius 1 is 0.833 bits per heavy atom. The molecule has 0 saturated heterocycles. The van der Waals surface area contributed by atoms with Crippen molar-refractivity contribution in [1.82, 2.24) is 4.57 Å². The molecule has 1 aromatic heterocycles. The summed E-state index contributed by atoms with van der Waals surface area (Å²) in [6, 6.07) is 25.4. The van der Waals surface area contributed by atoms with Gasteiger partial charge < -0.3 is 0 Å². The van der Waals surface area contributed by atoms with Crippen LogP contribution in [0.5, 0.6) is 0 Å². The highest BCUT2D eigenvalue weighted by Crippen LogP contribution is 2.41. The first-order chi connectivity index (χ1) is 17.6. The number of fused-ring (bicyclic) bond motifs is 1. The minimum Gasteiger partial charge on any atom is -0.272 e. The van der Waals surface area contributed by atoms with Gasteiger partial charge in [0.2, 0.25) is 0 Å². The molecule has 1 aliphatic heterocycles. The topological polar surface area (TPSA) is 34.4 Å². The minimum absolute atomic E-state index is 0.0112. The molecular formula is C30H22Cl2N2OS. The van der Waals surface area contributed by atoms with Crippen LogP contribution in [0.25, 0.3) is 12.2 Å². The lowest BCUT2D eigenvalue weighted by Crippen LogP contribution is -2.39. The Kier molecular flexibility index (Phi) is 6.26. The second kappa shape index (κ2) is 9.70. The SMILES string of the molecule is O=c1/c(=C\c2ccccc2)sc2n1[C@H](c1ccc(Cl)cc1)C1=C(N=2)/C(=C/c2ccc(Cl)cc2)CCC1. The number of allylic oxidation sites excluding steroid dienone is 2. The number of hydrogen-bond acceptors (Lipinski definition) is 3. The van der Waals surface area contributed by atoms with Gasteiger partial charge in [-0.3, -0.25) is 9.36 Å². The summed E-state index contributed by atoms with van der Waals surface area (Å²) in [4.78, 5) is 19.6. The minimum atomic E-state index is -0.208. The van der Waals surface area contributed by atoms with E-state index in [0.29, 0.717) is 9.55 Å². The van der Waals surface area contributed by atoms with Gasteiger partial charge in [-0.15, -0.1) is 0 Å². The van der Waals surface area contributed by atoms with Crippen molar-refractivity contribution < 1.29 is 0 Å². The summed E-state index contributed by atoms with van der Waals surface area (Å²) in [5.74, 6) is 0. The van der Waals surface area contributed by atoms with E-state index in [1.54, 1.807) is 0 Å². The van der Waals surface area contributed by atoms with E-state index >= 15 is 0 Å². The first kappa shape index (κ1) is 23.2. The first-order valence-electron chi connectivity index (χ1n) is 11.9. The highest BCUT2D eigenvalue weighted by molar-refractivity contribution is 7.07. The molecule has 0 radical (unpaired) electrons. The van der Waals surface area contributed by atoms with Gasteiger partial charge in [0.05, 0.1) is 16.3 Å². The average Bonchev–Trinajstić information content (AvgIpc) is 3.20. The molecule has 0 amide bonds. The average molecular weight is 529 g/mol. The van der Waals surface area contributed by atoms with Gasteiger partial charge in [0.1, 0.15) is 0 Å². The molecule has 2 aliphatic rings. The molecule has 0 spiro atoms. The van der Waals surface area contributed by atoms with Gasteiger partial charge in [0.15, 0.2) is 4.80 Å². The number of nitrogens with zero attached hydrogens (tertiary/aromatic N) is 2. The van der Waals surface area contributed by atoms with Gasteiger partial charge in [-0.2, -0.15) is 0 Å². The van der Waals surface area contributed by atoms with E-state index < -0.39 is 0 Å². The molecule has 0 fully saturated rings. The maximum absolute atomic E-state index is 13.8. The summed E-state index contributed by atoms with van der Waals surface area (Å²) in [5, 5.41) is 1.40. The van der Waals surface area contributed by atoms with E-state index in [-0.39, 0.29) is 11.6 Å². The third-order valence-electron chi connectivity index (χ3n) is 6.63. The number of halogens is 2. The summed E-state index contributed by atoms with van der Waals surface area (Å²) in [6.45, 7) is 0. The van der Waals surface area contributed by atoms with Crippen molar-refractivity contribution in [1.29, 1.82) is 0 Å². The van der Waals surface area contributed by atoms with Gasteiger partial charge in [-0.05, 0) is 83.5 Å². The first-order valence-corrected chi connectivity index (χ1v) is 13.5. The molecule has 36 heavy (non-hydrogen) atoms. The third-order valence-corrected chi connectivity index (χ3v) is 8.11. The predicted octanol–water partition coefficient (Wildman–Crippen LogP) is 6.79. The van der Waals surface area contributed by atoms with Gasteiger partial charge in [-0.25, -0.2) is 4.99 Å². The summed E-state index contributed by atoms with van der Waals surface area (Å²) in [5.41, 5.74) is 6.50. The quantitative estimate of drug-likeness (QED) is 0.288. The molecule has 2 heterocycles. The third kappa shape index (κ3) is 4.41. The van der Waals surface area contributed by atoms with Crippen molar-refractivity contribution in [2.75, 3.05) is 0 Å². The van der Waals surface area contributed by atoms with Crippen molar-refractivity contribution in [3.63, 3.8) is 0 Å². The number of rotatable bonds is 3. The Hall–Kier alpha value is -3.18. The van der Waals surface area contributed by atoms with E-state index in [9.17, 15) is 4.79 Å². The standard InChI is InChI=1S/C30H22Cl2N2OS/c31-23-13-9-20(10-14-23)17-22-7-4-8-25-27(22)33-30-34(28(25)21-11-15-24(32)16-12-21)29(35)26(36-30)18-19-5-2-1-3-6-19/h1-3,5-6,9-18,28H,4,7-8H2/b22-17+,26-18+/t28-/m1/s1. The summed E-state index contributed by atoms with van der Waals surface area (Å²) < 4.78 is 2.55. The molecule has 6 rings (SSSR count). The Morgan fingerprint density at radius 3 is 2.22 bits per heavy atom. The Balaban J connectivity index is 1.58. The van der Waals surface area contributed by atoms with Crippen molar-refractivity contribution in [3.8, 4) is 0 Å². The molecule has 0 saturated carbocycles. The molecule has 178 valence electrons. The highest BCUT2D eigenvalue weighted by atomic mass is 35.5. The lowest BCUT2D eigenvalue weighted by atomic mass is 9.84. The Morgan fingerprint density at radius 2 is 1.50 bits per heavy atom. The monoisotopic (exact) mass is 528 g/mol. The van der Waals surface area contributed by atoms with E-state index in [1.165, 1.54) is 22.5 Å². The maximum Gasteiger partial charge on any atom is 0.271 e. The van der Waals surface area contributed by atoms with Gasteiger partial charge in [0.25, 0.3) is 5.56 Å². The fourth-order valence-corrected chi connectivity index (χ4v) is 6.22. The maximum atomic E-state index is 13.8. The Bertz CT molecular complexity index is 1680. The number of benzene rings is 3. The lowest BCUT2D eigenvalue weighted by Gasteiger charge is -2.31.